The molecule has 1 atom stereocenters. The van der Waals surface area contributed by atoms with Crippen molar-refractivity contribution in [2.75, 3.05) is 0 Å². The average molecular weight is 320 g/mol. The summed E-state index contributed by atoms with van der Waals surface area (Å²) in [5, 5.41) is 13.4. The van der Waals surface area contributed by atoms with Gasteiger partial charge in [-0.1, -0.05) is 18.2 Å². The number of pyridine rings is 1. The van der Waals surface area contributed by atoms with Crippen molar-refractivity contribution in [2.45, 2.75) is 6.10 Å². The Bertz CT molecular complexity index is 690. The Balaban J connectivity index is 2.14. The SMILES string of the molecule is OC(c1cc(Br)cs1)c1cccc2ncccc12. The molecule has 3 rings (SSSR count). The molecule has 0 spiro atoms. The Labute approximate surface area is 117 Å². The second-order valence-corrected chi connectivity index (χ2v) is 5.85. The first-order valence-corrected chi connectivity index (χ1v) is 7.18. The van der Waals surface area contributed by atoms with Gasteiger partial charge >= 0.3 is 0 Å². The van der Waals surface area contributed by atoms with Gasteiger partial charge in [-0.25, -0.2) is 0 Å². The van der Waals surface area contributed by atoms with Crippen LogP contribution in [0.15, 0.2) is 52.4 Å². The minimum absolute atomic E-state index is 0.603. The number of thiophene rings is 1. The summed E-state index contributed by atoms with van der Waals surface area (Å²) in [5.41, 5.74) is 1.81. The molecule has 2 heterocycles. The lowest BCUT2D eigenvalue weighted by atomic mass is 10.0. The van der Waals surface area contributed by atoms with Crippen molar-refractivity contribution in [3.05, 3.63) is 62.9 Å². The zero-order chi connectivity index (χ0) is 12.5. The maximum absolute atomic E-state index is 10.5. The van der Waals surface area contributed by atoms with E-state index < -0.39 is 6.10 Å². The summed E-state index contributed by atoms with van der Waals surface area (Å²) in [6.45, 7) is 0. The largest absolute Gasteiger partial charge is 0.383 e. The standard InChI is InChI=1S/C14H10BrNOS/c15-9-7-13(18-8-9)14(17)11-3-1-5-12-10(11)4-2-6-16-12/h1-8,14,17H. The number of aliphatic hydroxyl groups is 1. The number of aromatic nitrogens is 1. The molecule has 2 aromatic heterocycles. The number of hydrogen-bond donors (Lipinski definition) is 1. The highest BCUT2D eigenvalue weighted by Gasteiger charge is 2.15. The molecule has 18 heavy (non-hydrogen) atoms. The zero-order valence-corrected chi connectivity index (χ0v) is 11.8. The van der Waals surface area contributed by atoms with Crippen molar-refractivity contribution in [1.82, 2.24) is 4.98 Å². The third-order valence-corrected chi connectivity index (χ3v) is 4.58. The molecule has 0 radical (unpaired) electrons. The number of halogens is 1. The quantitative estimate of drug-likeness (QED) is 0.770. The van der Waals surface area contributed by atoms with Crippen LogP contribution in [0.25, 0.3) is 10.9 Å². The maximum atomic E-state index is 10.5. The predicted molar refractivity (Wildman–Crippen MR) is 77.8 cm³/mol. The number of benzene rings is 1. The van der Waals surface area contributed by atoms with Gasteiger partial charge < -0.3 is 5.11 Å². The lowest BCUT2D eigenvalue weighted by Gasteiger charge is -2.11. The molecule has 0 saturated carbocycles. The molecule has 0 saturated heterocycles. The molecular weight excluding hydrogens is 310 g/mol. The minimum atomic E-state index is -0.603. The summed E-state index contributed by atoms with van der Waals surface area (Å²) in [7, 11) is 0. The summed E-state index contributed by atoms with van der Waals surface area (Å²) in [6.07, 6.45) is 1.16. The molecule has 90 valence electrons. The summed E-state index contributed by atoms with van der Waals surface area (Å²) < 4.78 is 1.000. The van der Waals surface area contributed by atoms with E-state index in [0.717, 1.165) is 25.8 Å². The van der Waals surface area contributed by atoms with E-state index in [2.05, 4.69) is 20.9 Å². The van der Waals surface area contributed by atoms with Crippen molar-refractivity contribution in [1.29, 1.82) is 0 Å². The van der Waals surface area contributed by atoms with E-state index in [-0.39, 0.29) is 0 Å². The van der Waals surface area contributed by atoms with Gasteiger partial charge in [-0.3, -0.25) is 4.98 Å². The van der Waals surface area contributed by atoms with Gasteiger partial charge in [0.1, 0.15) is 6.10 Å². The van der Waals surface area contributed by atoms with Crippen LogP contribution in [0, 0.1) is 0 Å². The molecule has 0 aliphatic carbocycles. The van der Waals surface area contributed by atoms with Crippen LogP contribution >= 0.6 is 27.3 Å². The van der Waals surface area contributed by atoms with Crippen molar-refractivity contribution >= 4 is 38.2 Å². The second kappa shape index (κ2) is 4.80. The third-order valence-electron chi connectivity index (χ3n) is 2.83. The van der Waals surface area contributed by atoms with Crippen molar-refractivity contribution in [2.24, 2.45) is 0 Å². The van der Waals surface area contributed by atoms with Gasteiger partial charge in [-0.2, -0.15) is 0 Å². The van der Waals surface area contributed by atoms with Gasteiger partial charge in [0.15, 0.2) is 0 Å². The molecule has 0 bridgehead atoms. The molecule has 0 aliphatic heterocycles. The van der Waals surface area contributed by atoms with Gasteiger partial charge in [-0.05, 0) is 39.7 Å². The van der Waals surface area contributed by atoms with Gasteiger partial charge in [0.05, 0.1) is 5.52 Å². The first kappa shape index (κ1) is 11.8. The van der Waals surface area contributed by atoms with Crippen LogP contribution in [0.1, 0.15) is 16.5 Å². The smallest absolute Gasteiger partial charge is 0.114 e. The summed E-state index contributed by atoms with van der Waals surface area (Å²) in [4.78, 5) is 5.24. The lowest BCUT2D eigenvalue weighted by molar-refractivity contribution is 0.225. The van der Waals surface area contributed by atoms with Gasteiger partial charge in [0, 0.05) is 26.3 Å². The molecule has 0 aliphatic rings. The zero-order valence-electron chi connectivity index (χ0n) is 9.38. The molecule has 2 nitrogen and oxygen atoms in total. The Morgan fingerprint density at radius 2 is 2.11 bits per heavy atom. The summed E-state index contributed by atoms with van der Waals surface area (Å²) in [5.74, 6) is 0. The molecule has 1 unspecified atom stereocenters. The fourth-order valence-corrected chi connectivity index (χ4v) is 3.44. The number of rotatable bonds is 2. The van der Waals surface area contributed by atoms with E-state index in [0.29, 0.717) is 0 Å². The Hall–Kier alpha value is -1.23. The van der Waals surface area contributed by atoms with Crippen LogP contribution in [0.5, 0.6) is 0 Å². The number of aliphatic hydroxyl groups excluding tert-OH is 1. The van der Waals surface area contributed by atoms with Crippen LogP contribution < -0.4 is 0 Å². The van der Waals surface area contributed by atoms with E-state index in [9.17, 15) is 5.11 Å². The van der Waals surface area contributed by atoms with Gasteiger partial charge in [-0.15, -0.1) is 11.3 Å². The molecule has 1 aromatic carbocycles. The molecular formula is C14H10BrNOS. The normalized spacial score (nSPS) is 12.8. The highest BCUT2D eigenvalue weighted by Crippen LogP contribution is 2.32. The molecule has 3 aromatic rings. The van der Waals surface area contributed by atoms with Gasteiger partial charge in [0.25, 0.3) is 0 Å². The van der Waals surface area contributed by atoms with Crippen LogP contribution in [0.4, 0.5) is 0 Å². The first-order chi connectivity index (χ1) is 8.75. The topological polar surface area (TPSA) is 33.1 Å². The second-order valence-electron chi connectivity index (χ2n) is 3.99. The predicted octanol–water partition coefficient (Wildman–Crippen LogP) is 4.14. The van der Waals surface area contributed by atoms with Crippen LogP contribution in [0.3, 0.4) is 0 Å². The highest BCUT2D eigenvalue weighted by molar-refractivity contribution is 9.10. The van der Waals surface area contributed by atoms with Crippen molar-refractivity contribution in [3.8, 4) is 0 Å². The van der Waals surface area contributed by atoms with Crippen molar-refractivity contribution < 1.29 is 5.11 Å². The lowest BCUT2D eigenvalue weighted by Crippen LogP contribution is -1.98. The maximum Gasteiger partial charge on any atom is 0.114 e. The Morgan fingerprint density at radius 1 is 1.22 bits per heavy atom. The first-order valence-electron chi connectivity index (χ1n) is 5.51. The Kier molecular flexibility index (Phi) is 3.16. The van der Waals surface area contributed by atoms with Crippen molar-refractivity contribution in [3.63, 3.8) is 0 Å². The van der Waals surface area contributed by atoms with Crippen LogP contribution in [-0.2, 0) is 0 Å². The number of fused-ring (bicyclic) bond motifs is 1. The number of nitrogens with zero attached hydrogens (tertiary/aromatic N) is 1. The highest BCUT2D eigenvalue weighted by atomic mass is 79.9. The summed E-state index contributed by atoms with van der Waals surface area (Å²) in [6, 6.07) is 11.7. The van der Waals surface area contributed by atoms with E-state index in [4.69, 9.17) is 0 Å². The molecule has 4 heteroatoms. The summed E-state index contributed by atoms with van der Waals surface area (Å²) >= 11 is 4.95. The van der Waals surface area contributed by atoms with E-state index >= 15 is 0 Å². The van der Waals surface area contributed by atoms with Crippen LogP contribution in [0.2, 0.25) is 0 Å². The molecule has 1 N–H and O–H groups in total. The average Bonchev–Trinajstić information content (AvgIpc) is 2.84. The molecule has 0 fully saturated rings. The fraction of sp³-hybridized carbons (Fsp3) is 0.0714. The Morgan fingerprint density at radius 3 is 2.89 bits per heavy atom. The number of hydrogen-bond acceptors (Lipinski definition) is 3. The van der Waals surface area contributed by atoms with Gasteiger partial charge in [0.2, 0.25) is 0 Å². The van der Waals surface area contributed by atoms with E-state index in [1.165, 1.54) is 0 Å². The fourth-order valence-electron chi connectivity index (χ4n) is 1.99. The van der Waals surface area contributed by atoms with E-state index in [1.54, 1.807) is 17.5 Å². The van der Waals surface area contributed by atoms with Crippen LogP contribution in [-0.4, -0.2) is 10.1 Å². The minimum Gasteiger partial charge on any atom is -0.383 e. The monoisotopic (exact) mass is 319 g/mol. The molecule has 0 amide bonds. The third kappa shape index (κ3) is 2.07. The van der Waals surface area contributed by atoms with E-state index in [1.807, 2.05) is 41.8 Å².